The van der Waals surface area contributed by atoms with Crippen molar-refractivity contribution in [2.24, 2.45) is 5.92 Å². The summed E-state index contributed by atoms with van der Waals surface area (Å²) in [7, 11) is -3.47. The zero-order valence-corrected chi connectivity index (χ0v) is 10.6. The van der Waals surface area contributed by atoms with Gasteiger partial charge in [0.1, 0.15) is 0 Å². The Hall–Kier alpha value is -0.170. The van der Waals surface area contributed by atoms with E-state index >= 15 is 0 Å². The van der Waals surface area contributed by atoms with Crippen LogP contribution in [0.4, 0.5) is 0 Å². The molecule has 0 spiro atoms. The number of hydrogen-bond donors (Lipinski definition) is 3. The van der Waals surface area contributed by atoms with Gasteiger partial charge in [0.2, 0.25) is 0 Å². The van der Waals surface area contributed by atoms with Crippen LogP contribution in [-0.4, -0.2) is 32.2 Å². The molecule has 0 saturated carbocycles. The molecule has 6 heteroatoms. The Labute approximate surface area is 92.4 Å². The van der Waals surface area contributed by atoms with Gasteiger partial charge in [0.05, 0.1) is 6.10 Å². The Balaban J connectivity index is 3.93. The maximum atomic E-state index is 11.3. The largest absolute Gasteiger partial charge is 0.392 e. The quantitative estimate of drug-likeness (QED) is 0.594. The fraction of sp³-hybridized carbons (Fsp3) is 1.00. The summed E-state index contributed by atoms with van der Waals surface area (Å²) in [6.07, 6.45) is -0.0433. The summed E-state index contributed by atoms with van der Waals surface area (Å²) in [6, 6.07) is -0.148. The average Bonchev–Trinajstić information content (AvgIpc) is 1.97. The van der Waals surface area contributed by atoms with Crippen LogP contribution in [-0.2, 0) is 10.2 Å². The third-order valence-corrected chi connectivity index (χ3v) is 2.97. The highest BCUT2D eigenvalue weighted by atomic mass is 32.2. The maximum Gasteiger partial charge on any atom is 0.277 e. The van der Waals surface area contributed by atoms with Gasteiger partial charge in [0, 0.05) is 12.6 Å². The molecular formula is C9H22N2O3S. The number of hydrogen-bond acceptors (Lipinski definition) is 3. The van der Waals surface area contributed by atoms with Crippen LogP contribution in [0.25, 0.3) is 0 Å². The molecule has 0 radical (unpaired) electrons. The predicted octanol–water partition coefficient (Wildman–Crippen LogP) is 0.226. The van der Waals surface area contributed by atoms with Crippen molar-refractivity contribution in [2.75, 3.05) is 6.54 Å². The first-order valence-electron chi connectivity index (χ1n) is 5.18. The van der Waals surface area contributed by atoms with E-state index in [4.69, 9.17) is 0 Å². The predicted molar refractivity (Wildman–Crippen MR) is 60.7 cm³/mol. The van der Waals surface area contributed by atoms with Crippen molar-refractivity contribution in [3.63, 3.8) is 0 Å². The number of nitrogens with one attached hydrogen (secondary N) is 2. The van der Waals surface area contributed by atoms with E-state index in [2.05, 4.69) is 9.44 Å². The number of aliphatic hydroxyl groups excluding tert-OH is 1. The molecule has 3 N–H and O–H groups in total. The summed E-state index contributed by atoms with van der Waals surface area (Å²) in [4.78, 5) is 0. The average molecular weight is 238 g/mol. The minimum atomic E-state index is -3.47. The molecule has 92 valence electrons. The molecule has 0 heterocycles. The lowest BCUT2D eigenvalue weighted by atomic mass is 10.1. The molecule has 0 aliphatic rings. The van der Waals surface area contributed by atoms with Gasteiger partial charge >= 0.3 is 0 Å². The molecule has 0 aliphatic heterocycles. The topological polar surface area (TPSA) is 78.4 Å². The minimum absolute atomic E-state index is 0.0558. The highest BCUT2D eigenvalue weighted by Gasteiger charge is 2.14. The second-order valence-corrected chi connectivity index (χ2v) is 5.94. The summed E-state index contributed by atoms with van der Waals surface area (Å²) in [5, 5.41) is 9.46. The zero-order valence-electron chi connectivity index (χ0n) is 9.82. The van der Waals surface area contributed by atoms with Crippen LogP contribution in [0, 0.1) is 5.92 Å². The standard InChI is InChI=1S/C9H22N2O3S/c1-7(2)5-9(12)6-10-15(13,14)11-8(3)4/h7-12H,5-6H2,1-4H3. The van der Waals surface area contributed by atoms with Crippen molar-refractivity contribution in [3.8, 4) is 0 Å². The summed E-state index contributed by atoms with van der Waals surface area (Å²) >= 11 is 0. The number of aliphatic hydroxyl groups is 1. The first kappa shape index (κ1) is 14.8. The first-order valence-corrected chi connectivity index (χ1v) is 6.66. The molecule has 0 aromatic rings. The molecule has 0 fully saturated rings. The lowest BCUT2D eigenvalue weighted by Crippen LogP contribution is -2.43. The van der Waals surface area contributed by atoms with Crippen LogP contribution < -0.4 is 9.44 Å². The van der Waals surface area contributed by atoms with Crippen LogP contribution >= 0.6 is 0 Å². The van der Waals surface area contributed by atoms with Crippen LogP contribution in [0.3, 0.4) is 0 Å². The monoisotopic (exact) mass is 238 g/mol. The maximum absolute atomic E-state index is 11.3. The minimum Gasteiger partial charge on any atom is -0.392 e. The SMILES string of the molecule is CC(C)CC(O)CNS(=O)(=O)NC(C)C. The fourth-order valence-corrected chi connectivity index (χ4v) is 2.30. The van der Waals surface area contributed by atoms with Crippen molar-refractivity contribution >= 4 is 10.2 Å². The highest BCUT2D eigenvalue weighted by Crippen LogP contribution is 2.03. The third kappa shape index (κ3) is 8.80. The Morgan fingerprint density at radius 1 is 1.20 bits per heavy atom. The van der Waals surface area contributed by atoms with E-state index < -0.39 is 16.3 Å². The molecule has 1 unspecified atom stereocenters. The van der Waals surface area contributed by atoms with Gasteiger partial charge in [0.15, 0.2) is 0 Å². The molecule has 5 nitrogen and oxygen atoms in total. The van der Waals surface area contributed by atoms with E-state index in [1.807, 2.05) is 13.8 Å². The molecule has 1 atom stereocenters. The normalized spacial score (nSPS) is 14.9. The Morgan fingerprint density at radius 2 is 1.73 bits per heavy atom. The van der Waals surface area contributed by atoms with Gasteiger partial charge in [-0.2, -0.15) is 17.9 Å². The lowest BCUT2D eigenvalue weighted by molar-refractivity contribution is 0.152. The lowest BCUT2D eigenvalue weighted by Gasteiger charge is -2.15. The molecule has 0 amide bonds. The van der Waals surface area contributed by atoms with E-state index in [1.54, 1.807) is 13.8 Å². The van der Waals surface area contributed by atoms with E-state index in [9.17, 15) is 13.5 Å². The molecular weight excluding hydrogens is 216 g/mol. The smallest absolute Gasteiger partial charge is 0.277 e. The molecule has 0 aromatic carbocycles. The van der Waals surface area contributed by atoms with E-state index in [0.717, 1.165) is 0 Å². The molecule has 15 heavy (non-hydrogen) atoms. The number of rotatable bonds is 7. The van der Waals surface area contributed by atoms with Crippen molar-refractivity contribution in [2.45, 2.75) is 46.3 Å². The second kappa shape index (κ2) is 6.42. The Kier molecular flexibility index (Phi) is 6.35. The van der Waals surface area contributed by atoms with Gasteiger partial charge < -0.3 is 5.11 Å². The molecule has 0 saturated heterocycles. The van der Waals surface area contributed by atoms with E-state index in [1.165, 1.54) is 0 Å². The van der Waals surface area contributed by atoms with Gasteiger partial charge in [-0.25, -0.2) is 0 Å². The van der Waals surface area contributed by atoms with Crippen LogP contribution in [0.5, 0.6) is 0 Å². The highest BCUT2D eigenvalue weighted by molar-refractivity contribution is 7.87. The van der Waals surface area contributed by atoms with Gasteiger partial charge in [-0.3, -0.25) is 0 Å². The second-order valence-electron chi connectivity index (χ2n) is 4.41. The van der Waals surface area contributed by atoms with Crippen LogP contribution in [0.2, 0.25) is 0 Å². The summed E-state index contributed by atoms with van der Waals surface area (Å²) < 4.78 is 27.3. The fourth-order valence-electron chi connectivity index (χ4n) is 1.19. The van der Waals surface area contributed by atoms with Crippen molar-refractivity contribution < 1.29 is 13.5 Å². The summed E-state index contributed by atoms with van der Waals surface area (Å²) in [5.74, 6) is 0.350. The Bertz CT molecular complexity index is 263. The first-order chi connectivity index (χ1) is 6.73. The van der Waals surface area contributed by atoms with Gasteiger partial charge in [-0.1, -0.05) is 13.8 Å². The Morgan fingerprint density at radius 3 is 2.13 bits per heavy atom. The van der Waals surface area contributed by atoms with Crippen molar-refractivity contribution in [3.05, 3.63) is 0 Å². The van der Waals surface area contributed by atoms with Gasteiger partial charge in [0.25, 0.3) is 10.2 Å². The van der Waals surface area contributed by atoms with Gasteiger partial charge in [-0.05, 0) is 26.2 Å². The summed E-state index contributed by atoms with van der Waals surface area (Å²) in [6.45, 7) is 7.49. The van der Waals surface area contributed by atoms with Crippen molar-refractivity contribution in [1.29, 1.82) is 0 Å². The van der Waals surface area contributed by atoms with E-state index in [0.29, 0.717) is 12.3 Å². The zero-order chi connectivity index (χ0) is 12.1. The van der Waals surface area contributed by atoms with Crippen LogP contribution in [0.15, 0.2) is 0 Å². The van der Waals surface area contributed by atoms with Crippen LogP contribution in [0.1, 0.15) is 34.1 Å². The van der Waals surface area contributed by atoms with E-state index in [-0.39, 0.29) is 12.6 Å². The molecule has 0 bridgehead atoms. The van der Waals surface area contributed by atoms with Crippen molar-refractivity contribution in [1.82, 2.24) is 9.44 Å². The van der Waals surface area contributed by atoms with Gasteiger partial charge in [-0.15, -0.1) is 0 Å². The third-order valence-electron chi connectivity index (χ3n) is 1.64. The summed E-state index contributed by atoms with van der Waals surface area (Å²) in [5.41, 5.74) is 0. The molecule has 0 aliphatic carbocycles. The molecule has 0 aromatic heterocycles. The molecule has 0 rings (SSSR count).